The maximum absolute atomic E-state index is 5.48. The molecule has 21 heavy (non-hydrogen) atoms. The molecule has 0 spiro atoms. The molecule has 122 valence electrons. The molecule has 0 aromatic heterocycles. The quantitative estimate of drug-likeness (QED) is 0.626. The van der Waals surface area contributed by atoms with Crippen LogP contribution in [0.2, 0.25) is 0 Å². The monoisotopic (exact) mass is 295 g/mol. The highest BCUT2D eigenvalue weighted by Gasteiger charge is 2.21. The lowest BCUT2D eigenvalue weighted by Crippen LogP contribution is -2.41. The van der Waals surface area contributed by atoms with Gasteiger partial charge in [-0.15, -0.1) is 0 Å². The fourth-order valence-electron chi connectivity index (χ4n) is 3.61. The molecule has 1 aliphatic carbocycles. The first-order valence-corrected chi connectivity index (χ1v) is 8.76. The van der Waals surface area contributed by atoms with Crippen LogP contribution in [0.1, 0.15) is 46.0 Å². The summed E-state index contributed by atoms with van der Waals surface area (Å²) in [5.74, 6) is 3.40. The maximum atomic E-state index is 5.48. The zero-order chi connectivity index (χ0) is 15.1. The highest BCUT2D eigenvalue weighted by atomic mass is 16.5. The van der Waals surface area contributed by atoms with Crippen molar-refractivity contribution < 1.29 is 4.74 Å². The van der Waals surface area contributed by atoms with E-state index in [1.54, 1.807) is 0 Å². The Hall–Kier alpha value is -0.770. The average Bonchev–Trinajstić information content (AvgIpc) is 2.96. The second-order valence-corrected chi connectivity index (χ2v) is 6.94. The van der Waals surface area contributed by atoms with Crippen LogP contribution in [0, 0.1) is 17.8 Å². The Bertz CT molecular complexity index is 326. The molecule has 0 aromatic rings. The molecular weight excluding hydrogens is 262 g/mol. The minimum atomic E-state index is 0.661. The van der Waals surface area contributed by atoms with Crippen LogP contribution in [0.4, 0.5) is 0 Å². The number of nitrogens with one attached hydrogen (secondary N) is 1. The van der Waals surface area contributed by atoms with E-state index in [2.05, 4.69) is 31.1 Å². The van der Waals surface area contributed by atoms with Gasteiger partial charge in [0.2, 0.25) is 0 Å². The average molecular weight is 295 g/mol. The third-order valence-corrected chi connectivity index (χ3v) is 4.80. The van der Waals surface area contributed by atoms with Gasteiger partial charge in [0.1, 0.15) is 0 Å². The van der Waals surface area contributed by atoms with Crippen LogP contribution in [0.3, 0.4) is 0 Å². The third-order valence-electron chi connectivity index (χ3n) is 4.80. The van der Waals surface area contributed by atoms with E-state index in [0.29, 0.717) is 5.92 Å². The molecule has 4 nitrogen and oxygen atoms in total. The van der Waals surface area contributed by atoms with Gasteiger partial charge in [0.15, 0.2) is 5.96 Å². The topological polar surface area (TPSA) is 36.9 Å². The zero-order valence-corrected chi connectivity index (χ0v) is 14.1. The summed E-state index contributed by atoms with van der Waals surface area (Å²) in [5.41, 5.74) is 0. The predicted octanol–water partition coefficient (Wildman–Crippen LogP) is 2.75. The van der Waals surface area contributed by atoms with Gasteiger partial charge >= 0.3 is 0 Å². The molecule has 1 heterocycles. The van der Waals surface area contributed by atoms with Crippen LogP contribution in [-0.4, -0.2) is 50.8 Å². The predicted molar refractivity (Wildman–Crippen MR) is 88.7 cm³/mol. The minimum absolute atomic E-state index is 0.661. The van der Waals surface area contributed by atoms with Gasteiger partial charge in [-0.1, -0.05) is 19.8 Å². The van der Waals surface area contributed by atoms with Crippen molar-refractivity contribution >= 4 is 5.96 Å². The summed E-state index contributed by atoms with van der Waals surface area (Å²) >= 11 is 0. The summed E-state index contributed by atoms with van der Waals surface area (Å²) in [6.45, 7) is 9.32. The SMILES string of the molecule is CCNC(=NCC1CCCC(C)C1)N(C)CC1CCOC1. The number of guanidine groups is 1. The first-order chi connectivity index (χ1) is 10.2. The first-order valence-electron chi connectivity index (χ1n) is 8.76. The minimum Gasteiger partial charge on any atom is -0.381 e. The van der Waals surface area contributed by atoms with Crippen LogP contribution in [0.15, 0.2) is 4.99 Å². The standard InChI is InChI=1S/C17H33N3O/c1-4-18-17(20(3)12-16-8-9-21-13-16)19-11-15-7-5-6-14(2)10-15/h14-16H,4-13H2,1-3H3,(H,18,19). The molecule has 2 rings (SSSR count). The van der Waals surface area contributed by atoms with Crippen molar-refractivity contribution in [1.29, 1.82) is 0 Å². The van der Waals surface area contributed by atoms with Gasteiger partial charge in [-0.3, -0.25) is 4.99 Å². The van der Waals surface area contributed by atoms with Gasteiger partial charge in [0.05, 0.1) is 6.61 Å². The maximum Gasteiger partial charge on any atom is 0.193 e. The summed E-state index contributed by atoms with van der Waals surface area (Å²) in [6.07, 6.45) is 6.68. The highest BCUT2D eigenvalue weighted by Crippen LogP contribution is 2.28. The van der Waals surface area contributed by atoms with Crippen molar-refractivity contribution in [3.8, 4) is 0 Å². The fourth-order valence-corrected chi connectivity index (χ4v) is 3.61. The molecule has 0 radical (unpaired) electrons. The van der Waals surface area contributed by atoms with Crippen LogP contribution < -0.4 is 5.32 Å². The molecule has 1 N–H and O–H groups in total. The molecule has 1 saturated heterocycles. The largest absolute Gasteiger partial charge is 0.381 e. The lowest BCUT2D eigenvalue weighted by Gasteiger charge is -2.27. The second-order valence-electron chi connectivity index (χ2n) is 6.94. The Morgan fingerprint density at radius 1 is 1.29 bits per heavy atom. The number of aliphatic imine (C=N–C) groups is 1. The van der Waals surface area contributed by atoms with Gasteiger partial charge in [0.25, 0.3) is 0 Å². The van der Waals surface area contributed by atoms with Crippen molar-refractivity contribution in [2.45, 2.75) is 46.0 Å². The van der Waals surface area contributed by atoms with Gasteiger partial charge in [0, 0.05) is 39.2 Å². The molecule has 1 saturated carbocycles. The van der Waals surface area contributed by atoms with Crippen molar-refractivity contribution in [3.63, 3.8) is 0 Å². The number of hydrogen-bond donors (Lipinski definition) is 1. The molecule has 2 fully saturated rings. The number of ether oxygens (including phenoxy) is 1. The molecule has 3 atom stereocenters. The summed E-state index contributed by atoms with van der Waals surface area (Å²) in [7, 11) is 2.16. The van der Waals surface area contributed by atoms with Gasteiger partial charge in [-0.2, -0.15) is 0 Å². The van der Waals surface area contributed by atoms with E-state index < -0.39 is 0 Å². The molecule has 2 aliphatic rings. The van der Waals surface area contributed by atoms with E-state index in [1.807, 2.05) is 0 Å². The van der Waals surface area contributed by atoms with Crippen molar-refractivity contribution in [2.75, 3.05) is 39.9 Å². The summed E-state index contributed by atoms with van der Waals surface area (Å²) in [6, 6.07) is 0. The van der Waals surface area contributed by atoms with Gasteiger partial charge in [-0.25, -0.2) is 0 Å². The second kappa shape index (κ2) is 8.62. The van der Waals surface area contributed by atoms with Crippen molar-refractivity contribution in [3.05, 3.63) is 0 Å². The lowest BCUT2D eigenvalue weighted by molar-refractivity contribution is 0.181. The van der Waals surface area contributed by atoms with Crippen molar-refractivity contribution in [2.24, 2.45) is 22.7 Å². The van der Waals surface area contributed by atoms with E-state index in [9.17, 15) is 0 Å². The van der Waals surface area contributed by atoms with Crippen molar-refractivity contribution in [1.82, 2.24) is 10.2 Å². The molecule has 3 unspecified atom stereocenters. The van der Waals surface area contributed by atoms with Crippen LogP contribution in [-0.2, 0) is 4.74 Å². The normalized spacial score (nSPS) is 30.4. The van der Waals surface area contributed by atoms with E-state index in [4.69, 9.17) is 9.73 Å². The first kappa shape index (κ1) is 16.6. The Morgan fingerprint density at radius 3 is 2.81 bits per heavy atom. The van der Waals surface area contributed by atoms with Gasteiger partial charge in [-0.05, 0) is 38.0 Å². The highest BCUT2D eigenvalue weighted by molar-refractivity contribution is 5.79. The molecule has 4 heteroatoms. The number of hydrogen-bond acceptors (Lipinski definition) is 2. The Labute approximate surface area is 130 Å². The molecule has 0 amide bonds. The van der Waals surface area contributed by atoms with E-state index >= 15 is 0 Å². The Balaban J connectivity index is 1.84. The Kier molecular flexibility index (Phi) is 6.81. The number of nitrogens with zero attached hydrogens (tertiary/aromatic N) is 2. The van der Waals surface area contributed by atoms with E-state index in [1.165, 1.54) is 32.1 Å². The van der Waals surface area contributed by atoms with Gasteiger partial charge < -0.3 is 15.0 Å². The van der Waals surface area contributed by atoms with Crippen LogP contribution in [0.25, 0.3) is 0 Å². The molecule has 0 bridgehead atoms. The molecule has 0 aromatic carbocycles. The van der Waals surface area contributed by atoms with E-state index in [-0.39, 0.29) is 0 Å². The third kappa shape index (κ3) is 5.50. The van der Waals surface area contributed by atoms with Crippen LogP contribution >= 0.6 is 0 Å². The molecular formula is C17H33N3O. The zero-order valence-electron chi connectivity index (χ0n) is 14.1. The smallest absolute Gasteiger partial charge is 0.193 e. The molecule has 1 aliphatic heterocycles. The summed E-state index contributed by atoms with van der Waals surface area (Å²) in [5, 5.41) is 3.44. The number of rotatable bonds is 5. The van der Waals surface area contributed by atoms with E-state index in [0.717, 1.165) is 50.6 Å². The fraction of sp³-hybridized carbons (Fsp3) is 0.941. The lowest BCUT2D eigenvalue weighted by atomic mass is 9.82. The van der Waals surface area contributed by atoms with Crippen LogP contribution in [0.5, 0.6) is 0 Å². The summed E-state index contributed by atoms with van der Waals surface area (Å²) < 4.78 is 5.48. The Morgan fingerprint density at radius 2 is 2.14 bits per heavy atom. The summed E-state index contributed by atoms with van der Waals surface area (Å²) in [4.78, 5) is 7.19.